The molecule has 0 amide bonds. The lowest BCUT2D eigenvalue weighted by Crippen LogP contribution is -2.15. The van der Waals surface area contributed by atoms with Crippen molar-refractivity contribution >= 4 is 60.2 Å². The van der Waals surface area contributed by atoms with Crippen LogP contribution in [0.4, 0.5) is 17.1 Å². The molecule has 0 aliphatic heterocycles. The highest BCUT2D eigenvalue weighted by Crippen LogP contribution is 2.51. The van der Waals surface area contributed by atoms with Gasteiger partial charge in [0.1, 0.15) is 0 Å². The topological polar surface area (TPSA) is 16.1 Å². The van der Waals surface area contributed by atoms with Gasteiger partial charge in [0, 0.05) is 34.2 Å². The Balaban J connectivity index is 1.12. The van der Waals surface area contributed by atoms with Gasteiger partial charge in [-0.05, 0) is 144 Å². The molecule has 2 nitrogen and oxygen atoms in total. The third-order valence-electron chi connectivity index (χ3n) is 10.8. The lowest BCUT2D eigenvalue weighted by Gasteiger charge is -2.27. The van der Waals surface area contributed by atoms with E-state index < -0.39 is 0 Å². The van der Waals surface area contributed by atoms with E-state index in [0.717, 1.165) is 28.3 Å². The highest BCUT2D eigenvalue weighted by Gasteiger charge is 2.36. The molecule has 0 saturated carbocycles. The maximum absolute atomic E-state index is 4.60. The summed E-state index contributed by atoms with van der Waals surface area (Å²) >= 11 is 0. The summed E-state index contributed by atoms with van der Waals surface area (Å²) in [6.07, 6.45) is 1.86. The Morgan fingerprint density at radius 2 is 0.860 bits per heavy atom. The first-order valence-corrected chi connectivity index (χ1v) is 17.4. The summed E-state index contributed by atoms with van der Waals surface area (Å²) in [5.41, 5.74) is 10.9. The predicted molar refractivity (Wildman–Crippen MR) is 212 cm³/mol. The molecule has 9 aromatic rings. The minimum Gasteiger partial charge on any atom is -0.310 e. The molecule has 0 spiro atoms. The van der Waals surface area contributed by atoms with Crippen LogP contribution < -0.4 is 4.90 Å². The van der Waals surface area contributed by atoms with Gasteiger partial charge in [0.15, 0.2) is 0 Å². The minimum atomic E-state index is -0.138. The number of nitrogens with zero attached hydrogens (tertiary/aromatic N) is 2. The Morgan fingerprint density at radius 1 is 0.400 bits per heavy atom. The average Bonchev–Trinajstić information content (AvgIpc) is 3.37. The van der Waals surface area contributed by atoms with Crippen LogP contribution in [-0.4, -0.2) is 4.98 Å². The molecule has 50 heavy (non-hydrogen) atoms. The number of hydrogen-bond donors (Lipinski definition) is 0. The van der Waals surface area contributed by atoms with E-state index in [9.17, 15) is 0 Å². The van der Waals surface area contributed by atoms with Gasteiger partial charge in [0.05, 0.1) is 5.69 Å². The van der Waals surface area contributed by atoms with Crippen LogP contribution in [0.3, 0.4) is 0 Å². The van der Waals surface area contributed by atoms with Crippen LogP contribution in [0, 0.1) is 0 Å². The first kappa shape index (κ1) is 28.7. The Hall–Kier alpha value is -6.25. The summed E-state index contributed by atoms with van der Waals surface area (Å²) in [4.78, 5) is 7.00. The van der Waals surface area contributed by atoms with Crippen LogP contribution in [-0.2, 0) is 5.41 Å². The van der Waals surface area contributed by atoms with E-state index in [4.69, 9.17) is 0 Å². The van der Waals surface area contributed by atoms with Gasteiger partial charge >= 0.3 is 0 Å². The number of anilines is 3. The van der Waals surface area contributed by atoms with Crippen molar-refractivity contribution in [3.8, 4) is 22.4 Å². The van der Waals surface area contributed by atoms with Gasteiger partial charge in [-0.1, -0.05) is 98.8 Å². The summed E-state index contributed by atoms with van der Waals surface area (Å²) in [6, 6.07) is 60.2. The Bertz CT molecular complexity index is 2720. The molecule has 0 atom stereocenters. The smallest absolute Gasteiger partial charge is 0.0702 e. The molecule has 0 radical (unpaired) electrons. The molecule has 1 heterocycles. The lowest BCUT2D eigenvalue weighted by atomic mass is 9.81. The van der Waals surface area contributed by atoms with E-state index in [-0.39, 0.29) is 5.41 Å². The number of rotatable bonds is 4. The summed E-state index contributed by atoms with van der Waals surface area (Å²) < 4.78 is 0. The van der Waals surface area contributed by atoms with E-state index in [1.165, 1.54) is 65.3 Å². The highest BCUT2D eigenvalue weighted by atomic mass is 15.1. The standard InChI is InChI=1S/C48H34N2/c1-48(2)45-29-38-23-37(47-13-7-8-22-49-47)15-14-35(38)27-43(45)44-28-36-18-21-42(26-39(36)30-46(44)48)50(40-19-16-31-9-3-5-11-33(31)24-40)41-20-17-32-10-4-6-12-34(32)25-41/h3-30H,1-2H3. The summed E-state index contributed by atoms with van der Waals surface area (Å²) in [7, 11) is 0. The fourth-order valence-corrected chi connectivity index (χ4v) is 8.12. The molecule has 0 unspecified atom stereocenters. The van der Waals surface area contributed by atoms with Crippen molar-refractivity contribution in [3.63, 3.8) is 0 Å². The van der Waals surface area contributed by atoms with Crippen LogP contribution in [0.1, 0.15) is 25.0 Å². The molecule has 0 saturated heterocycles. The summed E-state index contributed by atoms with van der Waals surface area (Å²) in [5, 5.41) is 9.94. The zero-order valence-electron chi connectivity index (χ0n) is 28.1. The first-order chi connectivity index (χ1) is 24.5. The van der Waals surface area contributed by atoms with Crippen LogP contribution in [0.15, 0.2) is 170 Å². The Labute approximate surface area is 291 Å². The lowest BCUT2D eigenvalue weighted by molar-refractivity contribution is 0.662. The van der Waals surface area contributed by atoms with Gasteiger partial charge in [-0.3, -0.25) is 4.98 Å². The van der Waals surface area contributed by atoms with Crippen molar-refractivity contribution in [2.45, 2.75) is 19.3 Å². The van der Waals surface area contributed by atoms with E-state index in [2.05, 4.69) is 175 Å². The van der Waals surface area contributed by atoms with Gasteiger partial charge in [0.2, 0.25) is 0 Å². The summed E-state index contributed by atoms with van der Waals surface area (Å²) in [6.45, 7) is 4.75. The normalized spacial score (nSPS) is 13.2. The second-order valence-corrected chi connectivity index (χ2v) is 14.1. The maximum atomic E-state index is 4.60. The second-order valence-electron chi connectivity index (χ2n) is 14.1. The molecule has 236 valence electrons. The van der Waals surface area contributed by atoms with Gasteiger partial charge in [-0.15, -0.1) is 0 Å². The predicted octanol–water partition coefficient (Wildman–Crippen LogP) is 13.1. The van der Waals surface area contributed by atoms with Crippen molar-refractivity contribution in [2.24, 2.45) is 0 Å². The molecule has 1 aliphatic rings. The fourth-order valence-electron chi connectivity index (χ4n) is 8.12. The van der Waals surface area contributed by atoms with E-state index in [1.54, 1.807) is 0 Å². The first-order valence-electron chi connectivity index (χ1n) is 17.4. The highest BCUT2D eigenvalue weighted by molar-refractivity contribution is 6.01. The molecular weight excluding hydrogens is 605 g/mol. The van der Waals surface area contributed by atoms with Crippen molar-refractivity contribution in [1.82, 2.24) is 4.98 Å². The number of benzene rings is 8. The van der Waals surface area contributed by atoms with Crippen LogP contribution >= 0.6 is 0 Å². The van der Waals surface area contributed by atoms with Gasteiger partial charge < -0.3 is 4.90 Å². The number of fused-ring (bicyclic) bond motifs is 7. The zero-order valence-corrected chi connectivity index (χ0v) is 28.1. The van der Waals surface area contributed by atoms with E-state index in [1.807, 2.05) is 18.3 Å². The van der Waals surface area contributed by atoms with Crippen molar-refractivity contribution in [3.05, 3.63) is 181 Å². The SMILES string of the molecule is CC1(C)c2cc3cc(-c4ccccn4)ccc3cc2-c2cc3ccc(N(c4ccc5ccccc5c4)c4ccc5ccccc5c4)cc3cc21. The van der Waals surface area contributed by atoms with Crippen LogP contribution in [0.5, 0.6) is 0 Å². The number of aromatic nitrogens is 1. The molecular formula is C48H34N2. The van der Waals surface area contributed by atoms with Crippen molar-refractivity contribution in [1.29, 1.82) is 0 Å². The molecule has 1 aromatic heterocycles. The molecule has 8 aromatic carbocycles. The van der Waals surface area contributed by atoms with E-state index >= 15 is 0 Å². The monoisotopic (exact) mass is 638 g/mol. The minimum absolute atomic E-state index is 0.138. The molecule has 0 N–H and O–H groups in total. The molecule has 10 rings (SSSR count). The van der Waals surface area contributed by atoms with Gasteiger partial charge in [-0.25, -0.2) is 0 Å². The quantitative estimate of drug-likeness (QED) is 0.191. The summed E-state index contributed by atoms with van der Waals surface area (Å²) in [5.74, 6) is 0. The van der Waals surface area contributed by atoms with Crippen LogP contribution in [0.2, 0.25) is 0 Å². The Kier molecular flexibility index (Phi) is 6.25. The molecule has 0 bridgehead atoms. The fraction of sp³-hybridized carbons (Fsp3) is 0.0625. The molecule has 0 fully saturated rings. The molecule has 1 aliphatic carbocycles. The Morgan fingerprint density at radius 3 is 1.42 bits per heavy atom. The largest absolute Gasteiger partial charge is 0.310 e. The molecule has 2 heteroatoms. The number of hydrogen-bond acceptors (Lipinski definition) is 2. The number of pyridine rings is 1. The average molecular weight is 639 g/mol. The van der Waals surface area contributed by atoms with Gasteiger partial charge in [-0.2, -0.15) is 0 Å². The van der Waals surface area contributed by atoms with E-state index in [0.29, 0.717) is 0 Å². The second kappa shape index (κ2) is 10.9. The van der Waals surface area contributed by atoms with Crippen molar-refractivity contribution in [2.75, 3.05) is 4.90 Å². The third kappa shape index (κ3) is 4.53. The zero-order chi connectivity index (χ0) is 33.4. The van der Waals surface area contributed by atoms with Crippen LogP contribution in [0.25, 0.3) is 65.5 Å². The third-order valence-corrected chi connectivity index (χ3v) is 10.8. The maximum Gasteiger partial charge on any atom is 0.0702 e. The van der Waals surface area contributed by atoms with Gasteiger partial charge in [0.25, 0.3) is 0 Å². The van der Waals surface area contributed by atoms with Crippen molar-refractivity contribution < 1.29 is 0 Å².